The molecule has 2 bridgehead atoms. The van der Waals surface area contributed by atoms with Crippen LogP contribution >= 0.6 is 0 Å². The second-order valence-electron chi connectivity index (χ2n) is 8.51. The van der Waals surface area contributed by atoms with E-state index in [9.17, 15) is 0 Å². The molecule has 0 aliphatic heterocycles. The molecule has 4 unspecified atom stereocenters. The number of ether oxygens (including phenoxy) is 4. The zero-order valence-electron chi connectivity index (χ0n) is 17.1. The van der Waals surface area contributed by atoms with Crippen LogP contribution in [0.25, 0.3) is 0 Å². The topological polar surface area (TPSA) is 36.9 Å². The molecule has 0 amide bonds. The molecule has 0 spiro atoms. The lowest BCUT2D eigenvalue weighted by molar-refractivity contribution is -0.211. The third-order valence-corrected chi connectivity index (χ3v) is 6.81. The van der Waals surface area contributed by atoms with Gasteiger partial charge in [-0.05, 0) is 69.6 Å². The molecule has 0 aromatic rings. The molecule has 3 rings (SSSR count). The summed E-state index contributed by atoms with van der Waals surface area (Å²) in [6, 6.07) is 0. The Morgan fingerprint density at radius 2 is 1.46 bits per heavy atom. The summed E-state index contributed by atoms with van der Waals surface area (Å²) < 4.78 is 24.6. The van der Waals surface area contributed by atoms with Crippen molar-refractivity contribution in [2.24, 2.45) is 11.8 Å². The largest absolute Gasteiger partial charge is 0.381 e. The lowest BCUT2D eigenvalue weighted by Gasteiger charge is -2.47. The lowest BCUT2D eigenvalue weighted by Crippen LogP contribution is -2.56. The summed E-state index contributed by atoms with van der Waals surface area (Å²) in [4.78, 5) is 0. The highest BCUT2D eigenvalue weighted by Crippen LogP contribution is 2.66. The number of hydrogen-bond donors (Lipinski definition) is 0. The van der Waals surface area contributed by atoms with E-state index in [-0.39, 0.29) is 11.2 Å². The molecule has 4 heteroatoms. The number of fused-ring (bicyclic) bond motifs is 5. The first-order valence-electron chi connectivity index (χ1n) is 11.2. The van der Waals surface area contributed by atoms with Gasteiger partial charge >= 0.3 is 0 Å². The molecular weight excluding hydrogens is 328 g/mol. The van der Waals surface area contributed by atoms with Crippen molar-refractivity contribution in [2.75, 3.05) is 39.6 Å². The fourth-order valence-corrected chi connectivity index (χ4v) is 5.86. The van der Waals surface area contributed by atoms with Crippen LogP contribution < -0.4 is 0 Å². The van der Waals surface area contributed by atoms with Crippen LogP contribution in [-0.2, 0) is 18.9 Å². The van der Waals surface area contributed by atoms with Crippen LogP contribution in [0.5, 0.6) is 0 Å². The molecule has 0 saturated heterocycles. The van der Waals surface area contributed by atoms with Gasteiger partial charge in [0.2, 0.25) is 0 Å². The molecule has 0 aromatic heterocycles. The minimum atomic E-state index is -0.0200. The summed E-state index contributed by atoms with van der Waals surface area (Å²) in [5.74, 6) is 1.55. The van der Waals surface area contributed by atoms with E-state index >= 15 is 0 Å². The van der Waals surface area contributed by atoms with Crippen LogP contribution in [0.15, 0.2) is 0 Å². The van der Waals surface area contributed by atoms with Crippen molar-refractivity contribution in [2.45, 2.75) is 89.3 Å². The van der Waals surface area contributed by atoms with Crippen LogP contribution in [0.3, 0.4) is 0 Å². The van der Waals surface area contributed by atoms with Gasteiger partial charge in [0.05, 0.1) is 5.60 Å². The van der Waals surface area contributed by atoms with E-state index in [2.05, 4.69) is 13.8 Å². The first kappa shape index (κ1) is 20.6. The number of hydrogen-bond acceptors (Lipinski definition) is 4. The summed E-state index contributed by atoms with van der Waals surface area (Å²) >= 11 is 0. The van der Waals surface area contributed by atoms with E-state index in [0.717, 1.165) is 77.2 Å². The molecule has 4 nitrogen and oxygen atoms in total. The summed E-state index contributed by atoms with van der Waals surface area (Å²) in [6.45, 7) is 9.31. The maximum absolute atomic E-state index is 6.69. The maximum atomic E-state index is 6.69. The molecular formula is C22H40O4. The van der Waals surface area contributed by atoms with Gasteiger partial charge in [0.1, 0.15) is 5.60 Å². The zero-order valence-corrected chi connectivity index (χ0v) is 17.1. The molecule has 152 valence electrons. The Labute approximate surface area is 160 Å². The third-order valence-electron chi connectivity index (χ3n) is 6.81. The Balaban J connectivity index is 1.51. The van der Waals surface area contributed by atoms with E-state index in [0.29, 0.717) is 0 Å². The highest BCUT2D eigenvalue weighted by Gasteiger charge is 2.70. The van der Waals surface area contributed by atoms with Crippen molar-refractivity contribution in [3.05, 3.63) is 0 Å². The summed E-state index contributed by atoms with van der Waals surface area (Å²) in [5.41, 5.74) is -0.0290. The van der Waals surface area contributed by atoms with Crippen molar-refractivity contribution < 1.29 is 18.9 Å². The second-order valence-corrected chi connectivity index (χ2v) is 8.51. The second kappa shape index (κ2) is 9.86. The molecule has 3 saturated carbocycles. The van der Waals surface area contributed by atoms with Gasteiger partial charge in [0.25, 0.3) is 0 Å². The van der Waals surface area contributed by atoms with Gasteiger partial charge in [-0.3, -0.25) is 0 Å². The number of rotatable bonds is 14. The molecule has 4 atom stereocenters. The predicted octanol–water partition coefficient (Wildman–Crippen LogP) is 4.74. The smallest absolute Gasteiger partial charge is 0.100 e. The fourth-order valence-electron chi connectivity index (χ4n) is 5.86. The maximum Gasteiger partial charge on any atom is 0.100 e. The Morgan fingerprint density at radius 3 is 2.15 bits per heavy atom. The molecule has 3 fully saturated rings. The van der Waals surface area contributed by atoms with E-state index in [4.69, 9.17) is 18.9 Å². The summed E-state index contributed by atoms with van der Waals surface area (Å²) in [6.07, 6.45) is 11.8. The predicted molar refractivity (Wildman–Crippen MR) is 104 cm³/mol. The van der Waals surface area contributed by atoms with E-state index in [1.807, 2.05) is 0 Å². The zero-order chi connectivity index (χ0) is 18.3. The Kier molecular flexibility index (Phi) is 7.80. The van der Waals surface area contributed by atoms with Gasteiger partial charge in [-0.1, -0.05) is 20.3 Å². The van der Waals surface area contributed by atoms with E-state index < -0.39 is 0 Å². The molecule has 0 heterocycles. The molecule has 26 heavy (non-hydrogen) atoms. The Bertz CT molecular complexity index is 415. The molecule has 0 N–H and O–H groups in total. The molecule has 3 aliphatic rings. The Hall–Kier alpha value is -0.160. The summed E-state index contributed by atoms with van der Waals surface area (Å²) in [5, 5.41) is 0. The van der Waals surface area contributed by atoms with Crippen molar-refractivity contribution in [1.29, 1.82) is 0 Å². The van der Waals surface area contributed by atoms with Gasteiger partial charge in [-0.2, -0.15) is 0 Å². The average molecular weight is 369 g/mol. The van der Waals surface area contributed by atoms with Crippen LogP contribution in [0.1, 0.15) is 78.1 Å². The molecule has 3 aliphatic carbocycles. The van der Waals surface area contributed by atoms with Gasteiger partial charge < -0.3 is 18.9 Å². The van der Waals surface area contributed by atoms with Crippen molar-refractivity contribution in [3.63, 3.8) is 0 Å². The first-order valence-corrected chi connectivity index (χ1v) is 11.2. The third kappa shape index (κ3) is 4.14. The Morgan fingerprint density at radius 1 is 0.769 bits per heavy atom. The van der Waals surface area contributed by atoms with Gasteiger partial charge in [-0.15, -0.1) is 0 Å². The first-order chi connectivity index (χ1) is 12.8. The highest BCUT2D eigenvalue weighted by molar-refractivity contribution is 5.21. The van der Waals surface area contributed by atoms with Crippen LogP contribution in [-0.4, -0.2) is 50.8 Å². The average Bonchev–Trinajstić information content (AvgIpc) is 3.32. The van der Waals surface area contributed by atoms with Crippen LogP contribution in [0.2, 0.25) is 0 Å². The highest BCUT2D eigenvalue weighted by atomic mass is 16.6. The summed E-state index contributed by atoms with van der Waals surface area (Å²) in [7, 11) is 0. The van der Waals surface area contributed by atoms with E-state index in [1.54, 1.807) is 0 Å². The molecule has 0 radical (unpaired) electrons. The van der Waals surface area contributed by atoms with Gasteiger partial charge in [0, 0.05) is 39.6 Å². The molecule has 0 aromatic carbocycles. The van der Waals surface area contributed by atoms with Crippen molar-refractivity contribution >= 4 is 0 Å². The minimum Gasteiger partial charge on any atom is -0.381 e. The fraction of sp³-hybridized carbons (Fsp3) is 1.00. The standard InChI is InChI=1S/C22H40O4/c1-3-12-23-14-6-16-25-21-11-9-19(18-21)20-8-5-10-22(20,21)26-17-7-15-24-13-4-2/h19-20H,3-18H2,1-2H3. The minimum absolute atomic E-state index is 0.00898. The van der Waals surface area contributed by atoms with Crippen molar-refractivity contribution in [3.8, 4) is 0 Å². The quantitative estimate of drug-likeness (QED) is 0.415. The van der Waals surface area contributed by atoms with Crippen LogP contribution in [0.4, 0.5) is 0 Å². The normalized spacial score (nSPS) is 35.3. The lowest BCUT2D eigenvalue weighted by atomic mass is 9.74. The van der Waals surface area contributed by atoms with Gasteiger partial charge in [0.15, 0.2) is 0 Å². The van der Waals surface area contributed by atoms with E-state index in [1.165, 1.54) is 38.5 Å². The SMILES string of the molecule is CCCOCCCOC12CCC(C1)C1CCCC12OCCCOCCC. The van der Waals surface area contributed by atoms with Gasteiger partial charge in [-0.25, -0.2) is 0 Å². The van der Waals surface area contributed by atoms with Crippen LogP contribution in [0, 0.1) is 11.8 Å². The monoisotopic (exact) mass is 368 g/mol. The van der Waals surface area contributed by atoms with Crippen molar-refractivity contribution in [1.82, 2.24) is 0 Å².